The molecule has 2 aliphatic rings. The number of nitro groups is 1. The molecule has 1 atom stereocenters. The molecule has 1 aromatic rings. The van der Waals surface area contributed by atoms with Crippen LogP contribution in [0.4, 0.5) is 5.69 Å². The number of nitro benzene ring substituents is 1. The predicted octanol–water partition coefficient (Wildman–Crippen LogP) is 2.01. The minimum atomic E-state index is -0.400. The van der Waals surface area contributed by atoms with Crippen molar-refractivity contribution in [2.24, 2.45) is 0 Å². The van der Waals surface area contributed by atoms with Crippen molar-refractivity contribution < 1.29 is 14.4 Å². The Morgan fingerprint density at radius 3 is 2.90 bits per heavy atom. The van der Waals surface area contributed by atoms with E-state index in [1.165, 1.54) is 18.9 Å². The van der Waals surface area contributed by atoms with Gasteiger partial charge in [-0.3, -0.25) is 10.1 Å². The number of benzene rings is 1. The highest BCUT2D eigenvalue weighted by Gasteiger charge is 2.24. The molecule has 0 amide bonds. The van der Waals surface area contributed by atoms with Gasteiger partial charge in [0, 0.05) is 25.1 Å². The van der Waals surface area contributed by atoms with Gasteiger partial charge in [-0.2, -0.15) is 0 Å². The van der Waals surface area contributed by atoms with Gasteiger partial charge in [-0.25, -0.2) is 0 Å². The van der Waals surface area contributed by atoms with Crippen LogP contribution in [0.3, 0.4) is 0 Å². The van der Waals surface area contributed by atoms with Crippen LogP contribution in [0.15, 0.2) is 18.2 Å². The number of ether oxygens (including phenoxy) is 2. The monoisotopic (exact) mass is 278 g/mol. The number of nitrogens with one attached hydrogen (secondary N) is 1. The van der Waals surface area contributed by atoms with Gasteiger partial charge in [0.15, 0.2) is 5.75 Å². The van der Waals surface area contributed by atoms with E-state index in [0.29, 0.717) is 25.0 Å². The first-order chi connectivity index (χ1) is 9.72. The molecule has 1 saturated heterocycles. The van der Waals surface area contributed by atoms with Gasteiger partial charge in [0.05, 0.1) is 18.1 Å². The molecule has 1 aromatic carbocycles. The lowest BCUT2D eigenvalue weighted by atomic mass is 10.2. The summed E-state index contributed by atoms with van der Waals surface area (Å²) in [4.78, 5) is 10.7. The van der Waals surface area contributed by atoms with Gasteiger partial charge in [0.1, 0.15) is 6.10 Å². The zero-order valence-electron chi connectivity index (χ0n) is 11.2. The maximum Gasteiger partial charge on any atom is 0.310 e. The van der Waals surface area contributed by atoms with E-state index >= 15 is 0 Å². The van der Waals surface area contributed by atoms with Gasteiger partial charge in [-0.1, -0.05) is 6.07 Å². The second kappa shape index (κ2) is 5.76. The average molecular weight is 278 g/mol. The molecule has 1 N–H and O–H groups in total. The smallest absolute Gasteiger partial charge is 0.310 e. The van der Waals surface area contributed by atoms with Crippen LogP contribution in [0.2, 0.25) is 0 Å². The van der Waals surface area contributed by atoms with Crippen molar-refractivity contribution in [3.63, 3.8) is 0 Å². The van der Waals surface area contributed by atoms with Crippen LogP contribution in [0, 0.1) is 10.1 Å². The summed E-state index contributed by atoms with van der Waals surface area (Å²) in [5, 5.41) is 14.5. The van der Waals surface area contributed by atoms with E-state index in [1.807, 2.05) is 0 Å². The van der Waals surface area contributed by atoms with Crippen molar-refractivity contribution in [2.45, 2.75) is 38.0 Å². The summed E-state index contributed by atoms with van der Waals surface area (Å²) in [5.41, 5.74) is 1.03. The summed E-state index contributed by atoms with van der Waals surface area (Å²) >= 11 is 0. The maximum atomic E-state index is 11.1. The lowest BCUT2D eigenvalue weighted by Crippen LogP contribution is -2.18. The van der Waals surface area contributed by atoms with Gasteiger partial charge in [-0.05, 0) is 24.5 Å². The van der Waals surface area contributed by atoms with Crippen molar-refractivity contribution >= 4 is 5.69 Å². The molecule has 0 spiro atoms. The second-order valence-electron chi connectivity index (χ2n) is 5.32. The maximum absolute atomic E-state index is 11.1. The van der Waals surface area contributed by atoms with Crippen LogP contribution in [-0.4, -0.2) is 30.3 Å². The Kier molecular flexibility index (Phi) is 3.84. The molecule has 0 aromatic heterocycles. The predicted molar refractivity (Wildman–Crippen MR) is 72.8 cm³/mol. The third-order valence-electron chi connectivity index (χ3n) is 3.57. The van der Waals surface area contributed by atoms with Crippen LogP contribution < -0.4 is 10.1 Å². The molecular weight excluding hydrogens is 260 g/mol. The molecule has 6 heteroatoms. The average Bonchev–Trinajstić information content (AvgIpc) is 3.13. The quantitative estimate of drug-likeness (QED) is 0.636. The Morgan fingerprint density at radius 2 is 2.25 bits per heavy atom. The van der Waals surface area contributed by atoms with E-state index in [4.69, 9.17) is 9.47 Å². The van der Waals surface area contributed by atoms with E-state index in [1.54, 1.807) is 12.1 Å². The molecule has 1 saturated carbocycles. The first-order valence-electron chi connectivity index (χ1n) is 6.97. The van der Waals surface area contributed by atoms with Gasteiger partial charge < -0.3 is 14.8 Å². The van der Waals surface area contributed by atoms with Crippen molar-refractivity contribution in [1.82, 2.24) is 5.32 Å². The Labute approximate surface area is 117 Å². The zero-order chi connectivity index (χ0) is 13.9. The Hall–Kier alpha value is -1.66. The Bertz CT molecular complexity index is 496. The molecule has 1 aliphatic carbocycles. The minimum Gasteiger partial charge on any atom is -0.481 e. The summed E-state index contributed by atoms with van der Waals surface area (Å²) in [5.74, 6) is 0.348. The molecule has 1 aliphatic heterocycles. The number of rotatable bonds is 6. The molecule has 0 bridgehead atoms. The van der Waals surface area contributed by atoms with Crippen molar-refractivity contribution in [1.29, 1.82) is 0 Å². The van der Waals surface area contributed by atoms with Crippen LogP contribution in [0.5, 0.6) is 5.75 Å². The van der Waals surface area contributed by atoms with Gasteiger partial charge >= 0.3 is 5.69 Å². The van der Waals surface area contributed by atoms with Crippen LogP contribution >= 0.6 is 0 Å². The van der Waals surface area contributed by atoms with Crippen LogP contribution in [0.25, 0.3) is 0 Å². The Balaban J connectivity index is 1.74. The topological polar surface area (TPSA) is 73.6 Å². The van der Waals surface area contributed by atoms with Crippen molar-refractivity contribution in [3.8, 4) is 5.75 Å². The fraction of sp³-hybridized carbons (Fsp3) is 0.571. The first-order valence-corrected chi connectivity index (χ1v) is 6.97. The van der Waals surface area contributed by atoms with Gasteiger partial charge in [0.25, 0.3) is 0 Å². The standard InChI is InChI=1S/C14H18N2O4/c17-16(18)13-4-1-10(8-15-11-2-3-11)7-14(13)20-12-5-6-19-9-12/h1,4,7,11-12,15H,2-3,5-6,8-9H2. The normalized spacial score (nSPS) is 21.9. The van der Waals surface area contributed by atoms with E-state index in [0.717, 1.165) is 18.5 Å². The number of hydrogen-bond donors (Lipinski definition) is 1. The largest absolute Gasteiger partial charge is 0.481 e. The molecule has 0 radical (unpaired) electrons. The SMILES string of the molecule is O=[N+]([O-])c1ccc(CNC2CC2)cc1OC1CCOC1. The minimum absolute atomic E-state index is 0.0204. The van der Waals surface area contributed by atoms with Gasteiger partial charge in [-0.15, -0.1) is 0 Å². The fourth-order valence-electron chi connectivity index (χ4n) is 2.25. The first kappa shape index (κ1) is 13.3. The molecule has 20 heavy (non-hydrogen) atoms. The molecule has 6 nitrogen and oxygen atoms in total. The lowest BCUT2D eigenvalue weighted by molar-refractivity contribution is -0.386. The highest BCUT2D eigenvalue weighted by atomic mass is 16.6. The Morgan fingerprint density at radius 1 is 1.40 bits per heavy atom. The van der Waals surface area contributed by atoms with E-state index in [9.17, 15) is 10.1 Å². The van der Waals surface area contributed by atoms with Crippen molar-refractivity contribution in [2.75, 3.05) is 13.2 Å². The molecule has 1 heterocycles. The third-order valence-corrected chi connectivity index (χ3v) is 3.57. The van der Waals surface area contributed by atoms with Crippen molar-refractivity contribution in [3.05, 3.63) is 33.9 Å². The molecule has 1 unspecified atom stereocenters. The van der Waals surface area contributed by atoms with Crippen LogP contribution in [-0.2, 0) is 11.3 Å². The lowest BCUT2D eigenvalue weighted by Gasteiger charge is -2.13. The van der Waals surface area contributed by atoms with E-state index < -0.39 is 4.92 Å². The van der Waals surface area contributed by atoms with Gasteiger partial charge in [0.2, 0.25) is 0 Å². The second-order valence-corrected chi connectivity index (χ2v) is 5.32. The third kappa shape index (κ3) is 3.26. The summed E-state index contributed by atoms with van der Waals surface area (Å²) < 4.78 is 11.0. The summed E-state index contributed by atoms with van der Waals surface area (Å²) in [6, 6.07) is 5.68. The zero-order valence-corrected chi connectivity index (χ0v) is 11.2. The number of nitrogens with zero attached hydrogens (tertiary/aromatic N) is 1. The highest BCUT2D eigenvalue weighted by molar-refractivity contribution is 5.48. The summed E-state index contributed by atoms with van der Waals surface area (Å²) in [6.07, 6.45) is 3.13. The van der Waals surface area contributed by atoms with E-state index in [-0.39, 0.29) is 11.8 Å². The molecule has 3 rings (SSSR count). The van der Waals surface area contributed by atoms with E-state index in [2.05, 4.69) is 5.32 Å². The highest BCUT2D eigenvalue weighted by Crippen LogP contribution is 2.30. The molecule has 2 fully saturated rings. The fourth-order valence-corrected chi connectivity index (χ4v) is 2.25. The summed E-state index contributed by atoms with van der Waals surface area (Å²) in [6.45, 7) is 1.88. The number of hydrogen-bond acceptors (Lipinski definition) is 5. The van der Waals surface area contributed by atoms with Crippen LogP contribution in [0.1, 0.15) is 24.8 Å². The molecule has 108 valence electrons. The summed E-state index contributed by atoms with van der Waals surface area (Å²) in [7, 11) is 0. The molecular formula is C14H18N2O4.